The fraction of sp³-hybridized carbons (Fsp3) is 0.526. The van der Waals surface area contributed by atoms with Gasteiger partial charge in [0.05, 0.1) is 34.8 Å². The van der Waals surface area contributed by atoms with Gasteiger partial charge < -0.3 is 16.4 Å². The Kier molecular flexibility index (Phi) is 4.64. The molecule has 1 saturated carbocycles. The molecule has 0 aromatic carbocycles. The molecular formula is C19H27N5O2. The van der Waals surface area contributed by atoms with Gasteiger partial charge in [0, 0.05) is 12.5 Å². The lowest BCUT2D eigenvalue weighted by Crippen LogP contribution is -2.35. The Bertz CT molecular complexity index is 855. The molecule has 1 fully saturated rings. The number of nitrogens with one attached hydrogen (secondary N) is 2. The summed E-state index contributed by atoms with van der Waals surface area (Å²) < 4.78 is 1.66. The minimum atomic E-state index is -0.522. The van der Waals surface area contributed by atoms with Crippen LogP contribution in [0, 0.1) is 11.3 Å². The molecule has 0 bridgehead atoms. The molecule has 2 atom stereocenters. The number of hydrogen-bond acceptors (Lipinski definition) is 4. The second-order valence-electron chi connectivity index (χ2n) is 7.75. The minimum absolute atomic E-state index is 0.0729. The van der Waals surface area contributed by atoms with Crippen LogP contribution in [0.3, 0.4) is 0 Å². The second-order valence-corrected chi connectivity index (χ2v) is 7.75. The van der Waals surface area contributed by atoms with Crippen molar-refractivity contribution in [2.24, 2.45) is 17.1 Å². The minimum Gasteiger partial charge on any atom is -0.379 e. The lowest BCUT2D eigenvalue weighted by Gasteiger charge is -2.33. The van der Waals surface area contributed by atoms with Crippen molar-refractivity contribution in [1.29, 1.82) is 0 Å². The fourth-order valence-corrected chi connectivity index (χ4v) is 3.65. The maximum Gasteiger partial charge on any atom is 0.252 e. The molecule has 0 saturated heterocycles. The average molecular weight is 357 g/mol. The van der Waals surface area contributed by atoms with Crippen molar-refractivity contribution < 1.29 is 9.59 Å². The van der Waals surface area contributed by atoms with Crippen molar-refractivity contribution in [3.05, 3.63) is 24.0 Å². The smallest absolute Gasteiger partial charge is 0.252 e. The maximum atomic E-state index is 12.0. The first-order valence-corrected chi connectivity index (χ1v) is 9.11. The number of primary amides is 1. The van der Waals surface area contributed by atoms with Crippen LogP contribution < -0.4 is 16.4 Å². The highest BCUT2D eigenvalue weighted by Crippen LogP contribution is 2.44. The highest BCUT2D eigenvalue weighted by molar-refractivity contribution is 6.02. The molecule has 1 aliphatic rings. The summed E-state index contributed by atoms with van der Waals surface area (Å²) in [5.41, 5.74) is 8.09. The van der Waals surface area contributed by atoms with Gasteiger partial charge in [0.1, 0.15) is 0 Å². The topological polar surface area (TPSA) is 102 Å². The Hall–Kier alpha value is -2.57. The van der Waals surface area contributed by atoms with Crippen LogP contribution in [0.25, 0.3) is 5.52 Å². The molecule has 4 N–H and O–H groups in total. The molecule has 1 aliphatic carbocycles. The van der Waals surface area contributed by atoms with E-state index in [4.69, 9.17) is 5.73 Å². The SMILES string of the molecule is CCC(=O)Nc1cc2c(NC3CCC(C)C3(C)C)c(C(N)=O)cnn2c1. The molecule has 0 aliphatic heterocycles. The number of hydrogen-bond donors (Lipinski definition) is 3. The summed E-state index contributed by atoms with van der Waals surface area (Å²) in [6, 6.07) is 2.05. The van der Waals surface area contributed by atoms with Crippen LogP contribution in [0.1, 0.15) is 57.3 Å². The number of aromatic nitrogens is 2. The van der Waals surface area contributed by atoms with Crippen LogP contribution >= 0.6 is 0 Å². The number of carbonyl (C=O) groups is 2. The standard InChI is InChI=1S/C19H27N5O2/c1-5-16(25)22-12-8-14-17(13(18(20)26)9-21-24(14)10-12)23-15-7-6-11(2)19(15,3)4/h8-11,15,23H,5-7H2,1-4H3,(H2,20,26)(H,22,25). The third kappa shape index (κ3) is 3.13. The summed E-state index contributed by atoms with van der Waals surface area (Å²) >= 11 is 0. The summed E-state index contributed by atoms with van der Waals surface area (Å²) in [5, 5.41) is 10.7. The highest BCUT2D eigenvalue weighted by atomic mass is 16.1. The quantitative estimate of drug-likeness (QED) is 0.765. The molecule has 26 heavy (non-hydrogen) atoms. The van der Waals surface area contributed by atoms with Crippen molar-refractivity contribution in [3.8, 4) is 0 Å². The van der Waals surface area contributed by atoms with E-state index in [2.05, 4.69) is 36.5 Å². The predicted molar refractivity (Wildman–Crippen MR) is 102 cm³/mol. The van der Waals surface area contributed by atoms with Gasteiger partial charge >= 0.3 is 0 Å². The molecule has 2 aromatic rings. The Morgan fingerprint density at radius 2 is 2.12 bits per heavy atom. The molecule has 2 unspecified atom stereocenters. The zero-order valence-corrected chi connectivity index (χ0v) is 15.8. The summed E-state index contributed by atoms with van der Waals surface area (Å²) in [5.74, 6) is -0.0101. The predicted octanol–water partition coefficient (Wildman–Crippen LogP) is 3.02. The first kappa shape index (κ1) is 18.2. The van der Waals surface area contributed by atoms with Crippen molar-refractivity contribution >= 4 is 28.7 Å². The van der Waals surface area contributed by atoms with Crippen LogP contribution in [0.2, 0.25) is 0 Å². The molecular weight excluding hydrogens is 330 g/mol. The largest absolute Gasteiger partial charge is 0.379 e. The third-order valence-corrected chi connectivity index (χ3v) is 5.88. The molecule has 0 radical (unpaired) electrons. The van der Waals surface area contributed by atoms with E-state index in [1.807, 2.05) is 6.07 Å². The summed E-state index contributed by atoms with van der Waals surface area (Å²) in [4.78, 5) is 23.6. The fourth-order valence-electron chi connectivity index (χ4n) is 3.65. The zero-order chi connectivity index (χ0) is 19.1. The van der Waals surface area contributed by atoms with Gasteiger partial charge in [-0.15, -0.1) is 0 Å². The number of fused-ring (bicyclic) bond motifs is 1. The van der Waals surface area contributed by atoms with Crippen molar-refractivity contribution in [1.82, 2.24) is 9.61 Å². The van der Waals surface area contributed by atoms with Crippen LogP contribution in [0.5, 0.6) is 0 Å². The van der Waals surface area contributed by atoms with Crippen LogP contribution in [0.15, 0.2) is 18.5 Å². The Morgan fingerprint density at radius 1 is 1.38 bits per heavy atom. The maximum absolute atomic E-state index is 12.0. The van der Waals surface area contributed by atoms with E-state index in [1.165, 1.54) is 6.20 Å². The number of amides is 2. The summed E-state index contributed by atoms with van der Waals surface area (Å²) in [6.45, 7) is 8.55. The number of rotatable bonds is 5. The van der Waals surface area contributed by atoms with E-state index >= 15 is 0 Å². The van der Waals surface area contributed by atoms with Crippen molar-refractivity contribution in [3.63, 3.8) is 0 Å². The number of nitrogens with zero attached hydrogens (tertiary/aromatic N) is 2. The first-order chi connectivity index (χ1) is 12.2. The van der Waals surface area contributed by atoms with Crippen LogP contribution in [-0.4, -0.2) is 27.5 Å². The van der Waals surface area contributed by atoms with Gasteiger partial charge in [0.15, 0.2) is 0 Å². The summed E-state index contributed by atoms with van der Waals surface area (Å²) in [6.07, 6.45) is 5.78. The molecule has 2 amide bonds. The van der Waals surface area contributed by atoms with Gasteiger partial charge in [-0.25, -0.2) is 4.52 Å². The van der Waals surface area contributed by atoms with Gasteiger partial charge in [-0.2, -0.15) is 5.10 Å². The van der Waals surface area contributed by atoms with Gasteiger partial charge in [0.2, 0.25) is 5.91 Å². The lowest BCUT2D eigenvalue weighted by molar-refractivity contribution is -0.115. The normalized spacial score (nSPS) is 21.7. The van der Waals surface area contributed by atoms with E-state index in [0.29, 0.717) is 29.3 Å². The van der Waals surface area contributed by atoms with Crippen LogP contribution in [0.4, 0.5) is 11.4 Å². The van der Waals surface area contributed by atoms with E-state index < -0.39 is 5.91 Å². The Labute approximate surface area is 153 Å². The zero-order valence-electron chi connectivity index (χ0n) is 15.8. The van der Waals surface area contributed by atoms with Gasteiger partial charge in [0.25, 0.3) is 5.91 Å². The number of nitrogens with two attached hydrogens (primary N) is 1. The Balaban J connectivity index is 2.04. The monoisotopic (exact) mass is 357 g/mol. The first-order valence-electron chi connectivity index (χ1n) is 9.11. The Morgan fingerprint density at radius 3 is 2.69 bits per heavy atom. The van der Waals surface area contributed by atoms with Crippen molar-refractivity contribution in [2.45, 2.75) is 53.0 Å². The molecule has 140 valence electrons. The number of carbonyl (C=O) groups excluding carboxylic acids is 2. The molecule has 2 heterocycles. The van der Waals surface area contributed by atoms with Gasteiger partial charge in [-0.1, -0.05) is 27.7 Å². The van der Waals surface area contributed by atoms with Crippen LogP contribution in [-0.2, 0) is 4.79 Å². The van der Waals surface area contributed by atoms with E-state index in [-0.39, 0.29) is 17.4 Å². The second kappa shape index (κ2) is 6.63. The lowest BCUT2D eigenvalue weighted by atomic mass is 9.80. The molecule has 7 heteroatoms. The number of anilines is 2. The molecule has 2 aromatic heterocycles. The van der Waals surface area contributed by atoms with E-state index in [0.717, 1.165) is 18.4 Å². The van der Waals surface area contributed by atoms with Gasteiger partial charge in [-0.3, -0.25) is 9.59 Å². The third-order valence-electron chi connectivity index (χ3n) is 5.88. The van der Waals surface area contributed by atoms with E-state index in [9.17, 15) is 9.59 Å². The van der Waals surface area contributed by atoms with E-state index in [1.54, 1.807) is 17.6 Å². The van der Waals surface area contributed by atoms with Gasteiger partial charge in [-0.05, 0) is 30.2 Å². The molecule has 3 rings (SSSR count). The molecule has 7 nitrogen and oxygen atoms in total. The highest BCUT2D eigenvalue weighted by Gasteiger charge is 2.41. The molecule has 0 spiro atoms. The summed E-state index contributed by atoms with van der Waals surface area (Å²) in [7, 11) is 0. The van der Waals surface area contributed by atoms with Crippen molar-refractivity contribution in [2.75, 3.05) is 10.6 Å². The average Bonchev–Trinajstić information content (AvgIpc) is 3.09.